The van der Waals surface area contributed by atoms with E-state index in [0.717, 1.165) is 0 Å². The number of hydrogen-bond donors (Lipinski definition) is 0. The molecule has 2 aromatic carbocycles. The number of nitrogens with zero attached hydrogens (tertiary/aromatic N) is 2. The molecule has 1 heterocycles. The van der Waals surface area contributed by atoms with Crippen molar-refractivity contribution in [3.63, 3.8) is 0 Å². The summed E-state index contributed by atoms with van der Waals surface area (Å²) >= 11 is 0. The molecule has 0 atom stereocenters. The molecule has 0 N–H and O–H groups in total. The number of ether oxygens (including phenoxy) is 1. The molecule has 1 aromatic heterocycles. The summed E-state index contributed by atoms with van der Waals surface area (Å²) in [4.78, 5) is 20.0. The number of hydrogen-bond acceptors (Lipinski definition) is 4. The molecule has 6 heteroatoms. The van der Waals surface area contributed by atoms with Gasteiger partial charge in [0.15, 0.2) is 17.4 Å². The van der Waals surface area contributed by atoms with E-state index < -0.39 is 17.6 Å². The van der Waals surface area contributed by atoms with Crippen LogP contribution in [0.1, 0.15) is 21.7 Å². The third-order valence-electron chi connectivity index (χ3n) is 3.67. The summed E-state index contributed by atoms with van der Waals surface area (Å²) in [6.07, 6.45) is 2.80. The number of benzene rings is 2. The average Bonchev–Trinajstić information content (AvgIpc) is 2.62. The number of rotatable bonds is 3. The maximum atomic E-state index is 14.0. The highest BCUT2D eigenvalue weighted by Crippen LogP contribution is 2.26. The van der Waals surface area contributed by atoms with E-state index in [4.69, 9.17) is 4.74 Å². The largest absolute Gasteiger partial charge is 0.420 e. The van der Waals surface area contributed by atoms with Gasteiger partial charge in [0.25, 0.3) is 0 Å². The van der Waals surface area contributed by atoms with E-state index in [1.165, 1.54) is 55.7 Å². The van der Waals surface area contributed by atoms with Crippen LogP contribution in [0, 0.1) is 25.5 Å². The first-order valence-electron chi connectivity index (χ1n) is 7.51. The van der Waals surface area contributed by atoms with Crippen molar-refractivity contribution in [2.24, 2.45) is 0 Å². The summed E-state index contributed by atoms with van der Waals surface area (Å²) in [6.45, 7) is 3.22. The van der Waals surface area contributed by atoms with Gasteiger partial charge in [-0.15, -0.1) is 0 Å². The minimum absolute atomic E-state index is 0.134. The van der Waals surface area contributed by atoms with Gasteiger partial charge in [-0.2, -0.15) is 0 Å². The number of carbonyl (C=O) groups excluding carboxylic acids is 1. The Bertz CT molecular complexity index is 923. The molecule has 0 unspecified atom stereocenters. The first-order valence-corrected chi connectivity index (χ1v) is 7.51. The van der Waals surface area contributed by atoms with E-state index in [0.29, 0.717) is 11.4 Å². The van der Waals surface area contributed by atoms with Crippen molar-refractivity contribution in [3.8, 4) is 16.9 Å². The molecular weight excluding hydrogens is 326 g/mol. The molecule has 0 amide bonds. The van der Waals surface area contributed by atoms with Crippen LogP contribution in [0.15, 0.2) is 48.8 Å². The zero-order valence-electron chi connectivity index (χ0n) is 13.6. The van der Waals surface area contributed by atoms with E-state index in [2.05, 4.69) is 9.97 Å². The molecule has 0 saturated carbocycles. The molecule has 0 aliphatic rings. The van der Waals surface area contributed by atoms with Crippen LogP contribution in [0.25, 0.3) is 11.1 Å². The van der Waals surface area contributed by atoms with Gasteiger partial charge in [0, 0.05) is 5.56 Å². The number of aromatic nitrogens is 2. The normalized spacial score (nSPS) is 10.6. The lowest BCUT2D eigenvalue weighted by Crippen LogP contribution is -2.09. The predicted molar refractivity (Wildman–Crippen MR) is 88.3 cm³/mol. The predicted octanol–water partition coefficient (Wildman–Crippen LogP) is 4.26. The molecule has 3 aromatic rings. The molecule has 0 radical (unpaired) electrons. The Morgan fingerprint density at radius 3 is 2.20 bits per heavy atom. The van der Waals surface area contributed by atoms with Gasteiger partial charge in [-0.1, -0.05) is 24.3 Å². The Balaban J connectivity index is 1.81. The van der Waals surface area contributed by atoms with Gasteiger partial charge < -0.3 is 4.74 Å². The monoisotopic (exact) mass is 340 g/mol. The van der Waals surface area contributed by atoms with Gasteiger partial charge in [0.2, 0.25) is 0 Å². The van der Waals surface area contributed by atoms with Crippen LogP contribution in [0.2, 0.25) is 0 Å². The molecule has 4 nitrogen and oxygen atoms in total. The van der Waals surface area contributed by atoms with Gasteiger partial charge in [-0.25, -0.2) is 23.5 Å². The average molecular weight is 340 g/mol. The Hall–Kier alpha value is -3.15. The topological polar surface area (TPSA) is 52.1 Å². The molecule has 3 rings (SSSR count). The third kappa shape index (κ3) is 3.52. The Morgan fingerprint density at radius 1 is 0.920 bits per heavy atom. The van der Waals surface area contributed by atoms with Crippen molar-refractivity contribution in [1.29, 1.82) is 0 Å². The summed E-state index contributed by atoms with van der Waals surface area (Å²) in [5.41, 5.74) is 1.11. The number of esters is 1. The van der Waals surface area contributed by atoms with E-state index in [1.807, 2.05) is 0 Å². The quantitative estimate of drug-likeness (QED) is 0.669. The second kappa shape index (κ2) is 6.76. The lowest BCUT2D eigenvalue weighted by atomic mass is 10.0. The number of halogens is 2. The Kier molecular flexibility index (Phi) is 4.52. The molecule has 0 saturated heterocycles. The molecule has 0 aliphatic heterocycles. The first-order chi connectivity index (χ1) is 12.0. The van der Waals surface area contributed by atoms with Crippen molar-refractivity contribution in [3.05, 3.63) is 77.4 Å². The smallest absolute Gasteiger partial charge is 0.343 e. The first kappa shape index (κ1) is 16.7. The van der Waals surface area contributed by atoms with Crippen LogP contribution < -0.4 is 4.74 Å². The second-order valence-corrected chi connectivity index (χ2v) is 5.49. The van der Waals surface area contributed by atoms with Crippen LogP contribution in [0.3, 0.4) is 0 Å². The summed E-state index contributed by atoms with van der Waals surface area (Å²) in [6, 6.07) is 9.07. The highest BCUT2D eigenvalue weighted by atomic mass is 19.2. The van der Waals surface area contributed by atoms with Crippen LogP contribution in [-0.4, -0.2) is 15.9 Å². The maximum Gasteiger partial charge on any atom is 0.343 e. The number of carbonyl (C=O) groups is 1. The minimum Gasteiger partial charge on any atom is -0.420 e. The summed E-state index contributed by atoms with van der Waals surface area (Å²) in [5.74, 6) is -1.58. The fourth-order valence-corrected chi connectivity index (χ4v) is 2.25. The van der Waals surface area contributed by atoms with Gasteiger partial charge in [-0.05, 0) is 37.1 Å². The molecule has 0 bridgehead atoms. The lowest BCUT2D eigenvalue weighted by molar-refractivity contribution is 0.0733. The van der Waals surface area contributed by atoms with Crippen LogP contribution in [-0.2, 0) is 0 Å². The lowest BCUT2D eigenvalue weighted by Gasteiger charge is -2.08. The summed E-state index contributed by atoms with van der Waals surface area (Å²) in [5, 5.41) is 0. The molecule has 0 spiro atoms. The van der Waals surface area contributed by atoms with Gasteiger partial charge >= 0.3 is 5.97 Å². The van der Waals surface area contributed by atoms with E-state index in [9.17, 15) is 13.6 Å². The van der Waals surface area contributed by atoms with E-state index >= 15 is 0 Å². The van der Waals surface area contributed by atoms with Crippen LogP contribution in [0.5, 0.6) is 5.75 Å². The second-order valence-electron chi connectivity index (χ2n) is 5.49. The molecule has 0 aliphatic carbocycles. The van der Waals surface area contributed by atoms with Crippen molar-refractivity contribution in [2.45, 2.75) is 13.8 Å². The highest BCUT2D eigenvalue weighted by Gasteiger charge is 2.14. The fraction of sp³-hybridized carbons (Fsp3) is 0.105. The molecule has 0 fully saturated rings. The minimum atomic E-state index is -0.910. The Labute approximate surface area is 143 Å². The third-order valence-corrected chi connectivity index (χ3v) is 3.67. The van der Waals surface area contributed by atoms with Crippen LogP contribution >= 0.6 is 0 Å². The zero-order valence-corrected chi connectivity index (χ0v) is 13.6. The van der Waals surface area contributed by atoms with Crippen LogP contribution in [0.4, 0.5) is 8.78 Å². The maximum absolute atomic E-state index is 14.0. The van der Waals surface area contributed by atoms with Gasteiger partial charge in [-0.3, -0.25) is 0 Å². The van der Waals surface area contributed by atoms with Crippen molar-refractivity contribution in [1.82, 2.24) is 9.97 Å². The molecule has 25 heavy (non-hydrogen) atoms. The molecule has 126 valence electrons. The fourth-order valence-electron chi connectivity index (χ4n) is 2.25. The van der Waals surface area contributed by atoms with Crippen molar-refractivity contribution < 1.29 is 18.3 Å². The summed E-state index contributed by atoms with van der Waals surface area (Å²) < 4.78 is 32.9. The van der Waals surface area contributed by atoms with Crippen molar-refractivity contribution in [2.75, 3.05) is 0 Å². The SMILES string of the molecule is Cc1ncc(OC(=O)c2ccc(-c3ccc(C)c(F)c3F)cc2)cn1. The summed E-state index contributed by atoms with van der Waals surface area (Å²) in [7, 11) is 0. The van der Waals surface area contributed by atoms with Gasteiger partial charge in [0.1, 0.15) is 5.82 Å². The van der Waals surface area contributed by atoms with Crippen molar-refractivity contribution >= 4 is 5.97 Å². The van der Waals surface area contributed by atoms with Gasteiger partial charge in [0.05, 0.1) is 18.0 Å². The van der Waals surface area contributed by atoms with E-state index in [1.54, 1.807) is 6.92 Å². The zero-order chi connectivity index (χ0) is 18.0. The number of aryl methyl sites for hydroxylation is 2. The highest BCUT2D eigenvalue weighted by molar-refractivity contribution is 5.91. The standard InChI is InChI=1S/C19H14F2N2O2/c1-11-3-8-16(18(21)17(11)20)13-4-6-14(7-5-13)19(24)25-15-9-22-12(2)23-10-15/h3-10H,1-2H3. The molecular formula is C19H14F2N2O2. The Morgan fingerprint density at radius 2 is 1.56 bits per heavy atom. The van der Waals surface area contributed by atoms with E-state index in [-0.39, 0.29) is 22.4 Å².